The number of halogens is 6. The summed E-state index contributed by atoms with van der Waals surface area (Å²) in [4.78, 5) is 20.8. The first-order valence-electron chi connectivity index (χ1n) is 13.7. The predicted octanol–water partition coefficient (Wildman–Crippen LogP) is 5.63. The molecular weight excluding hydrogens is 542 g/mol. The molecule has 1 N–H and O–H groups in total. The SMILES string of the molecule is O=C([C@H]1N[C@H]2CC[C@@H]1C[C@@H]2CC1CC1)N1CC2(C1)CN(c1c(C(F)(F)F)cnc3sc(CC(F)(F)F)cc13)C2. The number of piperidine rings is 2. The number of carbonyl (C=O) groups is 1. The van der Waals surface area contributed by atoms with E-state index in [9.17, 15) is 31.1 Å². The van der Waals surface area contributed by atoms with Crippen LogP contribution in [0, 0.1) is 23.2 Å². The minimum Gasteiger partial charge on any atom is -0.369 e. The smallest absolute Gasteiger partial charge is 0.369 e. The molecule has 0 radical (unpaired) electrons. The number of anilines is 1. The van der Waals surface area contributed by atoms with Crippen molar-refractivity contribution < 1.29 is 31.1 Å². The van der Waals surface area contributed by atoms with Crippen LogP contribution < -0.4 is 10.2 Å². The number of aromatic nitrogens is 1. The van der Waals surface area contributed by atoms with Crippen molar-refractivity contribution in [1.82, 2.24) is 15.2 Å². The van der Waals surface area contributed by atoms with Crippen molar-refractivity contribution in [2.75, 3.05) is 31.1 Å². The van der Waals surface area contributed by atoms with Crippen LogP contribution in [0.15, 0.2) is 12.3 Å². The number of nitrogens with zero attached hydrogens (tertiary/aromatic N) is 3. The van der Waals surface area contributed by atoms with E-state index in [1.54, 1.807) is 4.90 Å². The molecule has 2 aromatic heterocycles. The van der Waals surface area contributed by atoms with E-state index in [1.807, 2.05) is 4.90 Å². The van der Waals surface area contributed by atoms with Gasteiger partial charge in [0.15, 0.2) is 0 Å². The van der Waals surface area contributed by atoms with Gasteiger partial charge in [0.25, 0.3) is 0 Å². The van der Waals surface area contributed by atoms with E-state index in [0.29, 0.717) is 44.1 Å². The zero-order valence-corrected chi connectivity index (χ0v) is 22.1. The van der Waals surface area contributed by atoms with Gasteiger partial charge in [-0.15, -0.1) is 11.3 Å². The maximum absolute atomic E-state index is 13.9. The molecule has 2 aliphatic carbocycles. The molecule has 2 aromatic rings. The maximum atomic E-state index is 13.9. The molecule has 2 bridgehead atoms. The standard InChI is InChI=1S/C27H30F6N4OS/c28-26(29,30)8-17-7-18-22(19(27(31,32)33)9-34-23(18)39-17)36-10-25(11-36)12-37(13-25)24(38)21-15-3-4-20(35-21)16(6-15)5-14-1-2-14/h7,9,14-16,20-21,35H,1-6,8,10-13H2/t15-,16+,20+,21+/m1/s1. The highest BCUT2D eigenvalue weighted by molar-refractivity contribution is 7.18. The van der Waals surface area contributed by atoms with Crippen LogP contribution in [0.2, 0.25) is 0 Å². The van der Waals surface area contributed by atoms with Crippen molar-refractivity contribution in [2.45, 2.75) is 69.4 Å². The summed E-state index contributed by atoms with van der Waals surface area (Å²) in [5, 5.41) is 3.74. The number of pyridine rings is 1. The van der Waals surface area contributed by atoms with Crippen LogP contribution in [0.1, 0.15) is 49.0 Å². The second kappa shape index (κ2) is 8.71. The lowest BCUT2D eigenvalue weighted by atomic mass is 9.67. The van der Waals surface area contributed by atoms with E-state index in [4.69, 9.17) is 0 Å². The Morgan fingerprint density at radius 2 is 1.82 bits per heavy atom. The highest BCUT2D eigenvalue weighted by atomic mass is 32.1. The second-order valence-corrected chi connectivity index (χ2v) is 13.7. The molecule has 0 aromatic carbocycles. The van der Waals surface area contributed by atoms with Gasteiger partial charge >= 0.3 is 12.4 Å². The predicted molar refractivity (Wildman–Crippen MR) is 134 cm³/mol. The van der Waals surface area contributed by atoms with Crippen LogP contribution in [0.4, 0.5) is 32.0 Å². The Hall–Kier alpha value is -2.08. The number of alkyl halides is 6. The van der Waals surface area contributed by atoms with Crippen LogP contribution in [-0.4, -0.2) is 60.2 Å². The summed E-state index contributed by atoms with van der Waals surface area (Å²) < 4.78 is 80.6. The first-order chi connectivity index (χ1) is 18.4. The second-order valence-electron chi connectivity index (χ2n) is 12.6. The molecule has 4 saturated heterocycles. The highest BCUT2D eigenvalue weighted by Crippen LogP contribution is 2.50. The molecule has 6 aliphatic rings. The number of nitrogens with one attached hydrogen (secondary N) is 1. The van der Waals surface area contributed by atoms with Crippen LogP contribution in [-0.2, 0) is 17.4 Å². The van der Waals surface area contributed by atoms with Gasteiger partial charge in [0.2, 0.25) is 5.91 Å². The lowest BCUT2D eigenvalue weighted by Gasteiger charge is -2.62. The molecule has 4 atom stereocenters. The molecule has 212 valence electrons. The van der Waals surface area contributed by atoms with E-state index in [2.05, 4.69) is 10.3 Å². The number of fused-ring (bicyclic) bond motifs is 4. The molecule has 2 saturated carbocycles. The number of hydrogen-bond donors (Lipinski definition) is 1. The van der Waals surface area contributed by atoms with E-state index in [-0.39, 0.29) is 38.1 Å². The molecule has 4 aliphatic heterocycles. The molecule has 1 spiro atoms. The Bertz CT molecular complexity index is 1290. The van der Waals surface area contributed by atoms with Crippen molar-refractivity contribution in [3.8, 4) is 0 Å². The summed E-state index contributed by atoms with van der Waals surface area (Å²) >= 11 is 0.777. The summed E-state index contributed by atoms with van der Waals surface area (Å²) in [5.74, 6) is 1.99. The Morgan fingerprint density at radius 1 is 1.08 bits per heavy atom. The van der Waals surface area contributed by atoms with Gasteiger partial charge in [-0.05, 0) is 49.5 Å². The van der Waals surface area contributed by atoms with Gasteiger partial charge in [-0.2, -0.15) is 26.3 Å². The van der Waals surface area contributed by atoms with Crippen molar-refractivity contribution in [3.63, 3.8) is 0 Å². The fourth-order valence-corrected chi connectivity index (χ4v) is 8.63. The monoisotopic (exact) mass is 572 g/mol. The number of hydrogen-bond acceptors (Lipinski definition) is 5. The Kier molecular flexibility index (Phi) is 5.77. The minimum atomic E-state index is -4.68. The molecule has 6 fully saturated rings. The summed E-state index contributed by atoms with van der Waals surface area (Å²) in [6, 6.07) is 1.44. The fraction of sp³-hybridized carbons (Fsp3) is 0.704. The van der Waals surface area contributed by atoms with Crippen LogP contribution in [0.5, 0.6) is 0 Å². The van der Waals surface area contributed by atoms with Gasteiger partial charge in [0, 0.05) is 54.1 Å². The molecule has 0 unspecified atom stereocenters. The van der Waals surface area contributed by atoms with Crippen LogP contribution in [0.3, 0.4) is 0 Å². The van der Waals surface area contributed by atoms with Gasteiger partial charge in [-0.3, -0.25) is 4.79 Å². The Labute approximate surface area is 225 Å². The van der Waals surface area contributed by atoms with Gasteiger partial charge in [0.1, 0.15) is 4.83 Å². The highest BCUT2D eigenvalue weighted by Gasteiger charge is 2.57. The van der Waals surface area contributed by atoms with Crippen molar-refractivity contribution in [3.05, 3.63) is 22.7 Å². The number of thiophene rings is 1. The van der Waals surface area contributed by atoms with E-state index < -0.39 is 24.3 Å². The quantitative estimate of drug-likeness (QED) is 0.473. The first kappa shape index (κ1) is 25.9. The average Bonchev–Trinajstić information content (AvgIpc) is 3.52. The lowest BCUT2D eigenvalue weighted by molar-refractivity contribution is -0.152. The van der Waals surface area contributed by atoms with Gasteiger partial charge in [-0.1, -0.05) is 12.8 Å². The average molecular weight is 573 g/mol. The summed E-state index contributed by atoms with van der Waals surface area (Å²) in [6.45, 7) is 1.66. The largest absolute Gasteiger partial charge is 0.419 e. The maximum Gasteiger partial charge on any atom is 0.419 e. The molecule has 39 heavy (non-hydrogen) atoms. The molecule has 6 heterocycles. The van der Waals surface area contributed by atoms with Crippen molar-refractivity contribution in [1.29, 1.82) is 0 Å². The van der Waals surface area contributed by atoms with Crippen LogP contribution in [0.25, 0.3) is 10.2 Å². The Balaban J connectivity index is 1.03. The molecule has 1 amide bonds. The van der Waals surface area contributed by atoms with Crippen LogP contribution >= 0.6 is 11.3 Å². The van der Waals surface area contributed by atoms with E-state index >= 15 is 0 Å². The third-order valence-corrected chi connectivity index (χ3v) is 10.5. The lowest BCUT2D eigenvalue weighted by Crippen LogP contribution is -2.75. The van der Waals surface area contributed by atoms with Crippen molar-refractivity contribution >= 4 is 33.1 Å². The summed E-state index contributed by atoms with van der Waals surface area (Å²) in [7, 11) is 0. The minimum absolute atomic E-state index is 0.0603. The van der Waals surface area contributed by atoms with E-state index in [0.717, 1.165) is 42.7 Å². The number of amides is 1. The number of likely N-dealkylation sites (tertiary alicyclic amines) is 1. The normalized spacial score (nSPS) is 30.1. The molecular formula is C27H30F6N4OS. The third kappa shape index (κ3) is 4.69. The molecule has 8 rings (SSSR count). The van der Waals surface area contributed by atoms with E-state index in [1.165, 1.54) is 25.3 Å². The molecule has 12 heteroatoms. The third-order valence-electron chi connectivity index (χ3n) is 9.48. The first-order valence-corrected chi connectivity index (χ1v) is 14.5. The fourth-order valence-electron chi connectivity index (χ4n) is 7.60. The number of rotatable bonds is 5. The Morgan fingerprint density at radius 3 is 2.44 bits per heavy atom. The van der Waals surface area contributed by atoms with Gasteiger partial charge < -0.3 is 15.1 Å². The zero-order chi connectivity index (χ0) is 27.3. The van der Waals surface area contributed by atoms with Gasteiger partial charge in [0.05, 0.1) is 23.7 Å². The zero-order valence-electron chi connectivity index (χ0n) is 21.2. The summed E-state index contributed by atoms with van der Waals surface area (Å²) in [6.07, 6.45) is -2.38. The number of carbonyl (C=O) groups excluding carboxylic acids is 1. The molecule has 5 nitrogen and oxygen atoms in total. The summed E-state index contributed by atoms with van der Waals surface area (Å²) in [5.41, 5.74) is -1.31. The van der Waals surface area contributed by atoms with Crippen molar-refractivity contribution in [2.24, 2.45) is 23.2 Å². The topological polar surface area (TPSA) is 48.5 Å². The van der Waals surface area contributed by atoms with Gasteiger partial charge in [-0.25, -0.2) is 4.98 Å².